The van der Waals surface area contributed by atoms with Crippen molar-refractivity contribution in [2.45, 2.75) is 25.8 Å². The van der Waals surface area contributed by atoms with E-state index in [0.29, 0.717) is 25.8 Å². The van der Waals surface area contributed by atoms with E-state index in [1.54, 1.807) is 0 Å². The van der Waals surface area contributed by atoms with E-state index in [9.17, 15) is 9.59 Å². The molecule has 1 unspecified atom stereocenters. The van der Waals surface area contributed by atoms with Crippen LogP contribution in [0.25, 0.3) is 0 Å². The van der Waals surface area contributed by atoms with Crippen LogP contribution >= 0.6 is 0 Å². The number of carbonyl (C=O) groups is 2. The van der Waals surface area contributed by atoms with E-state index < -0.39 is 0 Å². The van der Waals surface area contributed by atoms with Crippen molar-refractivity contribution in [2.24, 2.45) is 5.92 Å². The van der Waals surface area contributed by atoms with Crippen LogP contribution in [-0.4, -0.2) is 11.7 Å². The van der Waals surface area contributed by atoms with Gasteiger partial charge in [0.25, 0.3) is 0 Å². The van der Waals surface area contributed by atoms with Crippen molar-refractivity contribution >= 4 is 11.7 Å². The monoisotopic (exact) mass is 217 g/mol. The van der Waals surface area contributed by atoms with Crippen LogP contribution in [0, 0.1) is 5.92 Å². The fourth-order valence-corrected chi connectivity index (χ4v) is 1.97. The highest BCUT2D eigenvalue weighted by Gasteiger charge is 2.27. The number of amides is 1. The summed E-state index contributed by atoms with van der Waals surface area (Å²) in [5.41, 5.74) is 1.08. The van der Waals surface area contributed by atoms with Gasteiger partial charge in [-0.25, -0.2) is 0 Å². The zero-order valence-electron chi connectivity index (χ0n) is 9.11. The van der Waals surface area contributed by atoms with E-state index in [1.165, 1.54) is 0 Å². The lowest BCUT2D eigenvalue weighted by Gasteiger charge is -2.09. The molecule has 3 heteroatoms. The summed E-state index contributed by atoms with van der Waals surface area (Å²) in [6.07, 6.45) is 1.68. The summed E-state index contributed by atoms with van der Waals surface area (Å²) in [5, 5.41) is 2.87. The lowest BCUT2D eigenvalue weighted by atomic mass is 10.1. The number of ketones is 1. The molecule has 1 atom stereocenters. The van der Waals surface area contributed by atoms with E-state index in [2.05, 4.69) is 5.32 Å². The van der Waals surface area contributed by atoms with Gasteiger partial charge in [-0.2, -0.15) is 0 Å². The van der Waals surface area contributed by atoms with E-state index >= 15 is 0 Å². The molecule has 1 aliphatic carbocycles. The molecule has 1 aromatic rings. The predicted octanol–water partition coefficient (Wildman–Crippen LogP) is 1.67. The molecule has 1 aromatic carbocycles. The average Bonchev–Trinajstić information content (AvgIpc) is 2.74. The molecule has 1 fully saturated rings. The first-order valence-corrected chi connectivity index (χ1v) is 5.59. The Bertz CT molecular complexity index is 386. The third-order valence-corrected chi connectivity index (χ3v) is 2.93. The van der Waals surface area contributed by atoms with Crippen molar-refractivity contribution < 1.29 is 9.59 Å². The van der Waals surface area contributed by atoms with Gasteiger partial charge in [0.1, 0.15) is 5.78 Å². The lowest BCUT2D eigenvalue weighted by Crippen LogP contribution is -2.29. The normalized spacial score (nSPS) is 19.8. The maximum absolute atomic E-state index is 11.7. The summed E-state index contributed by atoms with van der Waals surface area (Å²) in [5.74, 6) is 0.116. The van der Waals surface area contributed by atoms with E-state index in [0.717, 1.165) is 5.56 Å². The first kappa shape index (κ1) is 10.9. The SMILES string of the molecule is O=C1CCC(C(=O)NCc2ccccc2)C1. The molecular formula is C13H15NO2. The Morgan fingerprint density at radius 3 is 2.69 bits per heavy atom. The molecule has 0 heterocycles. The number of rotatable bonds is 3. The quantitative estimate of drug-likeness (QED) is 0.837. The number of nitrogens with one attached hydrogen (secondary N) is 1. The minimum Gasteiger partial charge on any atom is -0.352 e. The fourth-order valence-electron chi connectivity index (χ4n) is 1.97. The van der Waals surface area contributed by atoms with Gasteiger partial charge in [-0.1, -0.05) is 30.3 Å². The Morgan fingerprint density at radius 1 is 1.31 bits per heavy atom. The Labute approximate surface area is 94.9 Å². The van der Waals surface area contributed by atoms with Crippen molar-refractivity contribution in [2.75, 3.05) is 0 Å². The first-order valence-electron chi connectivity index (χ1n) is 5.59. The van der Waals surface area contributed by atoms with Gasteiger partial charge in [-0.3, -0.25) is 9.59 Å². The minimum absolute atomic E-state index is 0.00898. The zero-order valence-corrected chi connectivity index (χ0v) is 9.11. The molecule has 1 aliphatic rings. The van der Waals surface area contributed by atoms with Gasteiger partial charge in [0.05, 0.1) is 0 Å². The van der Waals surface area contributed by atoms with Crippen LogP contribution < -0.4 is 5.32 Å². The summed E-state index contributed by atoms with van der Waals surface area (Å²) < 4.78 is 0. The molecule has 3 nitrogen and oxygen atoms in total. The number of benzene rings is 1. The van der Waals surface area contributed by atoms with Crippen LogP contribution in [-0.2, 0) is 16.1 Å². The Hall–Kier alpha value is -1.64. The van der Waals surface area contributed by atoms with Crippen LogP contribution in [0.15, 0.2) is 30.3 Å². The molecule has 1 saturated carbocycles. The van der Waals surface area contributed by atoms with Gasteiger partial charge < -0.3 is 5.32 Å². The summed E-state index contributed by atoms with van der Waals surface area (Å²) in [6.45, 7) is 0.546. The third-order valence-electron chi connectivity index (χ3n) is 2.93. The van der Waals surface area contributed by atoms with Gasteiger partial charge in [-0.15, -0.1) is 0 Å². The molecular weight excluding hydrogens is 202 g/mol. The molecule has 0 saturated heterocycles. The predicted molar refractivity (Wildman–Crippen MR) is 60.6 cm³/mol. The number of Topliss-reactive ketones (excluding diaryl/α,β-unsaturated/α-hetero) is 1. The van der Waals surface area contributed by atoms with Crippen molar-refractivity contribution in [1.29, 1.82) is 0 Å². The zero-order chi connectivity index (χ0) is 11.4. The van der Waals surface area contributed by atoms with E-state index in [1.807, 2.05) is 30.3 Å². The Balaban J connectivity index is 1.82. The second kappa shape index (κ2) is 4.92. The summed E-state index contributed by atoms with van der Waals surface area (Å²) >= 11 is 0. The molecule has 84 valence electrons. The van der Waals surface area contributed by atoms with Crippen LogP contribution in [0.4, 0.5) is 0 Å². The number of hydrogen-bond acceptors (Lipinski definition) is 2. The van der Waals surface area contributed by atoms with Gasteiger partial charge in [0, 0.05) is 25.3 Å². The highest BCUT2D eigenvalue weighted by molar-refractivity contribution is 5.89. The highest BCUT2D eigenvalue weighted by Crippen LogP contribution is 2.21. The van der Waals surface area contributed by atoms with Crippen LogP contribution in [0.3, 0.4) is 0 Å². The molecule has 0 aromatic heterocycles. The highest BCUT2D eigenvalue weighted by atomic mass is 16.2. The number of carbonyl (C=O) groups excluding carboxylic acids is 2. The standard InChI is InChI=1S/C13H15NO2/c15-12-7-6-11(8-12)13(16)14-9-10-4-2-1-3-5-10/h1-5,11H,6-9H2,(H,14,16). The Morgan fingerprint density at radius 2 is 2.06 bits per heavy atom. The van der Waals surface area contributed by atoms with Crippen molar-refractivity contribution in [3.05, 3.63) is 35.9 Å². The van der Waals surface area contributed by atoms with Crippen LogP contribution in [0.2, 0.25) is 0 Å². The molecule has 1 amide bonds. The molecule has 16 heavy (non-hydrogen) atoms. The third kappa shape index (κ3) is 2.69. The van der Waals surface area contributed by atoms with E-state index in [-0.39, 0.29) is 17.6 Å². The van der Waals surface area contributed by atoms with Crippen molar-refractivity contribution in [3.63, 3.8) is 0 Å². The van der Waals surface area contributed by atoms with Crippen molar-refractivity contribution in [1.82, 2.24) is 5.32 Å². The first-order chi connectivity index (χ1) is 7.75. The topological polar surface area (TPSA) is 46.2 Å². The van der Waals surface area contributed by atoms with Crippen molar-refractivity contribution in [3.8, 4) is 0 Å². The van der Waals surface area contributed by atoms with Gasteiger partial charge in [-0.05, 0) is 12.0 Å². The summed E-state index contributed by atoms with van der Waals surface area (Å²) in [4.78, 5) is 22.8. The van der Waals surface area contributed by atoms with Crippen LogP contribution in [0.1, 0.15) is 24.8 Å². The molecule has 0 spiro atoms. The summed E-state index contributed by atoms with van der Waals surface area (Å²) in [6, 6.07) is 9.78. The van der Waals surface area contributed by atoms with Crippen LogP contribution in [0.5, 0.6) is 0 Å². The minimum atomic E-state index is -0.101. The molecule has 0 bridgehead atoms. The molecule has 0 aliphatic heterocycles. The number of hydrogen-bond donors (Lipinski definition) is 1. The van der Waals surface area contributed by atoms with E-state index in [4.69, 9.17) is 0 Å². The molecule has 0 radical (unpaired) electrons. The average molecular weight is 217 g/mol. The lowest BCUT2D eigenvalue weighted by molar-refractivity contribution is -0.126. The second-order valence-electron chi connectivity index (χ2n) is 4.18. The second-order valence-corrected chi connectivity index (χ2v) is 4.18. The van der Waals surface area contributed by atoms with Gasteiger partial charge in [0.15, 0.2) is 0 Å². The smallest absolute Gasteiger partial charge is 0.223 e. The molecule has 1 N–H and O–H groups in total. The maximum atomic E-state index is 11.7. The van der Waals surface area contributed by atoms with Gasteiger partial charge in [0.2, 0.25) is 5.91 Å². The Kier molecular flexibility index (Phi) is 3.34. The summed E-state index contributed by atoms with van der Waals surface area (Å²) in [7, 11) is 0. The molecule has 2 rings (SSSR count). The fraction of sp³-hybridized carbons (Fsp3) is 0.385. The maximum Gasteiger partial charge on any atom is 0.223 e. The van der Waals surface area contributed by atoms with Gasteiger partial charge >= 0.3 is 0 Å². The largest absolute Gasteiger partial charge is 0.352 e.